The monoisotopic (exact) mass is 275 g/mol. The topological polar surface area (TPSA) is 58.4 Å². The van der Waals surface area contributed by atoms with Crippen molar-refractivity contribution in [3.05, 3.63) is 23.8 Å². The van der Waals surface area contributed by atoms with Gasteiger partial charge in [-0.3, -0.25) is 9.69 Å². The van der Waals surface area contributed by atoms with E-state index in [1.165, 1.54) is 6.42 Å². The highest BCUT2D eigenvalue weighted by Crippen LogP contribution is 2.28. The fraction of sp³-hybridized carbons (Fsp3) is 0.562. The number of carbonyl (C=O) groups is 1. The maximum atomic E-state index is 12.1. The van der Waals surface area contributed by atoms with Crippen LogP contribution in [0.4, 0.5) is 11.4 Å². The molecule has 0 aliphatic carbocycles. The summed E-state index contributed by atoms with van der Waals surface area (Å²) < 4.78 is 0. The molecule has 3 N–H and O–H groups in total. The van der Waals surface area contributed by atoms with Crippen LogP contribution in [0.3, 0.4) is 0 Å². The first-order valence-corrected chi connectivity index (χ1v) is 7.24. The number of nitrogens with zero attached hydrogens (tertiary/aromatic N) is 1. The van der Waals surface area contributed by atoms with E-state index in [2.05, 4.69) is 24.1 Å². The van der Waals surface area contributed by atoms with E-state index in [1.54, 1.807) is 0 Å². The molecule has 1 aromatic rings. The van der Waals surface area contributed by atoms with Gasteiger partial charge in [-0.1, -0.05) is 19.9 Å². The van der Waals surface area contributed by atoms with Crippen molar-refractivity contribution in [1.29, 1.82) is 0 Å². The molecule has 2 rings (SSSR count). The van der Waals surface area contributed by atoms with Gasteiger partial charge in [-0.05, 0) is 49.4 Å². The van der Waals surface area contributed by atoms with Crippen molar-refractivity contribution in [3.63, 3.8) is 0 Å². The summed E-state index contributed by atoms with van der Waals surface area (Å²) in [6.07, 6.45) is 2.39. The van der Waals surface area contributed by atoms with Gasteiger partial charge >= 0.3 is 0 Å². The zero-order valence-corrected chi connectivity index (χ0v) is 12.7. The molecule has 20 heavy (non-hydrogen) atoms. The Hall–Kier alpha value is -1.55. The molecule has 0 radical (unpaired) electrons. The summed E-state index contributed by atoms with van der Waals surface area (Å²) >= 11 is 0. The van der Waals surface area contributed by atoms with E-state index in [4.69, 9.17) is 5.73 Å². The molecule has 110 valence electrons. The van der Waals surface area contributed by atoms with Crippen molar-refractivity contribution < 1.29 is 4.79 Å². The van der Waals surface area contributed by atoms with Crippen LogP contribution in [0.15, 0.2) is 18.2 Å². The highest BCUT2D eigenvalue weighted by molar-refractivity contribution is 5.95. The fourth-order valence-electron chi connectivity index (χ4n) is 2.87. The van der Waals surface area contributed by atoms with E-state index in [9.17, 15) is 4.79 Å². The number of carbonyl (C=O) groups excluding carboxylic acids is 1. The van der Waals surface area contributed by atoms with Crippen molar-refractivity contribution in [2.45, 2.75) is 33.6 Å². The maximum Gasteiger partial charge on any atom is 0.238 e. The molecule has 0 saturated carbocycles. The van der Waals surface area contributed by atoms with Crippen LogP contribution >= 0.6 is 0 Å². The van der Waals surface area contributed by atoms with Crippen molar-refractivity contribution in [3.8, 4) is 0 Å². The number of nitrogens with one attached hydrogen (secondary N) is 1. The van der Waals surface area contributed by atoms with Gasteiger partial charge in [-0.15, -0.1) is 0 Å². The van der Waals surface area contributed by atoms with Crippen molar-refractivity contribution in [2.24, 2.45) is 5.41 Å². The highest BCUT2D eigenvalue weighted by Gasteiger charge is 2.27. The van der Waals surface area contributed by atoms with Gasteiger partial charge in [0, 0.05) is 6.54 Å². The van der Waals surface area contributed by atoms with Crippen molar-refractivity contribution >= 4 is 17.3 Å². The SMILES string of the molecule is Cc1ccc(NC(=O)CN2CCCC(C)(C)C2)c(N)c1. The lowest BCUT2D eigenvalue weighted by molar-refractivity contribution is -0.118. The minimum atomic E-state index is 0.0123. The molecule has 1 aliphatic rings. The molecule has 1 fully saturated rings. The first-order valence-electron chi connectivity index (χ1n) is 7.24. The van der Waals surface area contributed by atoms with E-state index in [1.807, 2.05) is 25.1 Å². The summed E-state index contributed by atoms with van der Waals surface area (Å²) in [5.41, 5.74) is 8.65. The highest BCUT2D eigenvalue weighted by atomic mass is 16.2. The predicted molar refractivity (Wildman–Crippen MR) is 83.7 cm³/mol. The van der Waals surface area contributed by atoms with Gasteiger partial charge < -0.3 is 11.1 Å². The largest absolute Gasteiger partial charge is 0.397 e. The zero-order chi connectivity index (χ0) is 14.8. The number of nitrogens with two attached hydrogens (primary N) is 1. The van der Waals surface area contributed by atoms with Crippen LogP contribution in [0.2, 0.25) is 0 Å². The summed E-state index contributed by atoms with van der Waals surface area (Å²) in [6.45, 7) is 8.92. The third kappa shape index (κ3) is 3.97. The Bertz CT molecular complexity index is 496. The maximum absolute atomic E-state index is 12.1. The van der Waals surface area contributed by atoms with Crippen LogP contribution in [0.1, 0.15) is 32.3 Å². The molecule has 0 unspecified atom stereocenters. The first-order chi connectivity index (χ1) is 9.35. The quantitative estimate of drug-likeness (QED) is 0.834. The van der Waals surface area contributed by atoms with Crippen LogP contribution in [-0.4, -0.2) is 30.4 Å². The van der Waals surface area contributed by atoms with E-state index < -0.39 is 0 Å². The summed E-state index contributed by atoms with van der Waals surface area (Å²) in [4.78, 5) is 14.3. The summed E-state index contributed by atoms with van der Waals surface area (Å²) in [6, 6.07) is 5.69. The third-order valence-corrected chi connectivity index (χ3v) is 3.83. The number of anilines is 2. The van der Waals surface area contributed by atoms with Crippen LogP contribution in [-0.2, 0) is 4.79 Å². The number of rotatable bonds is 3. The average Bonchev–Trinajstić information content (AvgIpc) is 2.31. The lowest BCUT2D eigenvalue weighted by atomic mass is 9.84. The molecule has 1 aliphatic heterocycles. The van der Waals surface area contributed by atoms with Gasteiger partial charge in [-0.25, -0.2) is 0 Å². The Morgan fingerprint density at radius 3 is 2.85 bits per heavy atom. The Kier molecular flexibility index (Phi) is 4.33. The zero-order valence-electron chi connectivity index (χ0n) is 12.7. The Morgan fingerprint density at radius 2 is 2.20 bits per heavy atom. The second kappa shape index (κ2) is 5.83. The molecular weight excluding hydrogens is 250 g/mol. The predicted octanol–water partition coefficient (Wildman–Crippen LogP) is 2.64. The Balaban J connectivity index is 1.92. The van der Waals surface area contributed by atoms with Gasteiger partial charge in [-0.2, -0.15) is 0 Å². The van der Waals surface area contributed by atoms with Crippen molar-refractivity contribution in [2.75, 3.05) is 30.7 Å². The Morgan fingerprint density at radius 1 is 1.45 bits per heavy atom. The molecule has 0 bridgehead atoms. The average molecular weight is 275 g/mol. The van der Waals surface area contributed by atoms with E-state index in [-0.39, 0.29) is 5.91 Å². The standard InChI is InChI=1S/C16H25N3O/c1-12-5-6-14(13(17)9-12)18-15(20)10-19-8-4-7-16(2,3)11-19/h5-6,9H,4,7-8,10-11,17H2,1-3H3,(H,18,20). The number of hydrogen-bond donors (Lipinski definition) is 2. The van der Waals surface area contributed by atoms with Gasteiger partial charge in [0.25, 0.3) is 0 Å². The Labute approximate surface area is 121 Å². The molecule has 1 amide bonds. The van der Waals surface area contributed by atoms with Crippen LogP contribution < -0.4 is 11.1 Å². The summed E-state index contributed by atoms with van der Waals surface area (Å²) in [5, 5.41) is 2.91. The minimum absolute atomic E-state index is 0.0123. The van der Waals surface area contributed by atoms with Crippen LogP contribution in [0.25, 0.3) is 0 Å². The minimum Gasteiger partial charge on any atom is -0.397 e. The smallest absolute Gasteiger partial charge is 0.238 e. The van der Waals surface area contributed by atoms with Gasteiger partial charge in [0.1, 0.15) is 0 Å². The second-order valence-corrected chi connectivity index (χ2v) is 6.62. The van der Waals surface area contributed by atoms with Crippen LogP contribution in [0.5, 0.6) is 0 Å². The molecule has 0 aromatic heterocycles. The molecule has 1 aromatic carbocycles. The second-order valence-electron chi connectivity index (χ2n) is 6.62. The van der Waals surface area contributed by atoms with Gasteiger partial charge in [0.2, 0.25) is 5.91 Å². The lowest BCUT2D eigenvalue weighted by Gasteiger charge is -2.37. The summed E-state index contributed by atoms with van der Waals surface area (Å²) in [7, 11) is 0. The number of nitrogen functional groups attached to an aromatic ring is 1. The molecule has 4 heteroatoms. The number of aryl methyl sites for hydroxylation is 1. The molecular formula is C16H25N3O. The van der Waals surface area contributed by atoms with Crippen LogP contribution in [0, 0.1) is 12.3 Å². The third-order valence-electron chi connectivity index (χ3n) is 3.83. The molecule has 4 nitrogen and oxygen atoms in total. The van der Waals surface area contributed by atoms with E-state index in [0.29, 0.717) is 23.3 Å². The number of amides is 1. The molecule has 1 heterocycles. The number of likely N-dealkylation sites (tertiary alicyclic amines) is 1. The van der Waals surface area contributed by atoms with E-state index >= 15 is 0 Å². The molecule has 1 saturated heterocycles. The fourth-order valence-corrected chi connectivity index (χ4v) is 2.87. The van der Waals surface area contributed by atoms with E-state index in [0.717, 1.165) is 25.1 Å². The molecule has 0 atom stereocenters. The van der Waals surface area contributed by atoms with Gasteiger partial charge in [0.15, 0.2) is 0 Å². The van der Waals surface area contributed by atoms with Crippen molar-refractivity contribution in [1.82, 2.24) is 4.90 Å². The number of piperidine rings is 1. The summed E-state index contributed by atoms with van der Waals surface area (Å²) in [5.74, 6) is 0.0123. The molecule has 0 spiro atoms. The lowest BCUT2D eigenvalue weighted by Crippen LogP contribution is -2.43. The number of hydrogen-bond acceptors (Lipinski definition) is 3. The normalized spacial score (nSPS) is 18.8. The first kappa shape index (κ1) is 14.9. The number of benzene rings is 1. The van der Waals surface area contributed by atoms with Gasteiger partial charge in [0.05, 0.1) is 17.9 Å².